The molecule has 0 aromatic carbocycles. The Morgan fingerprint density at radius 3 is 2.56 bits per heavy atom. The van der Waals surface area contributed by atoms with Crippen LogP contribution in [0.15, 0.2) is 43.0 Å². The van der Waals surface area contributed by atoms with E-state index in [-0.39, 0.29) is 12.0 Å². The number of alkyl halides is 3. The summed E-state index contributed by atoms with van der Waals surface area (Å²) in [6.45, 7) is 1.81. The van der Waals surface area contributed by atoms with Crippen molar-refractivity contribution in [3.63, 3.8) is 0 Å². The molecular formula is C20H22F3N5O4. The minimum absolute atomic E-state index is 0.107. The van der Waals surface area contributed by atoms with E-state index in [0.717, 1.165) is 31.6 Å². The highest BCUT2D eigenvalue weighted by molar-refractivity contribution is 5.93. The molecule has 2 N–H and O–H groups in total. The fourth-order valence-corrected chi connectivity index (χ4v) is 3.67. The Hall–Kier alpha value is -3.12. The van der Waals surface area contributed by atoms with Crippen molar-refractivity contribution in [2.24, 2.45) is 0 Å². The van der Waals surface area contributed by atoms with Gasteiger partial charge in [-0.3, -0.25) is 19.7 Å². The van der Waals surface area contributed by atoms with E-state index in [2.05, 4.69) is 25.2 Å². The summed E-state index contributed by atoms with van der Waals surface area (Å²) in [5, 5.41) is 9.91. The summed E-state index contributed by atoms with van der Waals surface area (Å²) in [4.78, 5) is 36.2. The first kappa shape index (κ1) is 23.5. The van der Waals surface area contributed by atoms with Crippen molar-refractivity contribution in [2.45, 2.75) is 50.2 Å². The standard InChI is InChI=1S/C18H21N5O2.C2HF3O2/c24-18(22-17-11-19-8-9-21-17)16-5-4-14-15(25-16)6-10-23(14)12-13-3-1-2-7-20-13;3-2(4,5)1(6)7/h1-3,7-9,11,14-16H,4-6,10,12H2,(H,21,22,24);(H,6,7)/t14-,15-,16-;/m1./s1. The highest BCUT2D eigenvalue weighted by Gasteiger charge is 2.41. The summed E-state index contributed by atoms with van der Waals surface area (Å²) in [5.41, 5.74) is 1.07. The molecule has 12 heteroatoms. The Bertz CT molecular complexity index is 901. The van der Waals surface area contributed by atoms with Crippen LogP contribution in [0, 0.1) is 0 Å². The lowest BCUT2D eigenvalue weighted by molar-refractivity contribution is -0.192. The summed E-state index contributed by atoms with van der Waals surface area (Å²) in [6.07, 6.45) is 3.72. The number of nitrogens with zero attached hydrogens (tertiary/aromatic N) is 4. The van der Waals surface area contributed by atoms with Gasteiger partial charge in [-0.15, -0.1) is 0 Å². The summed E-state index contributed by atoms with van der Waals surface area (Å²) in [5.74, 6) is -2.43. The van der Waals surface area contributed by atoms with E-state index in [1.807, 2.05) is 24.4 Å². The van der Waals surface area contributed by atoms with Gasteiger partial charge in [0, 0.05) is 37.7 Å². The number of nitrogens with one attached hydrogen (secondary N) is 1. The number of rotatable bonds is 4. The van der Waals surface area contributed by atoms with Crippen LogP contribution in [-0.2, 0) is 20.9 Å². The minimum atomic E-state index is -5.08. The highest BCUT2D eigenvalue weighted by Crippen LogP contribution is 2.32. The largest absolute Gasteiger partial charge is 0.490 e. The second kappa shape index (κ2) is 10.5. The predicted octanol–water partition coefficient (Wildman–Crippen LogP) is 2.27. The average Bonchev–Trinajstić information content (AvgIpc) is 3.17. The van der Waals surface area contributed by atoms with Gasteiger partial charge in [0.25, 0.3) is 5.91 Å². The summed E-state index contributed by atoms with van der Waals surface area (Å²) >= 11 is 0. The van der Waals surface area contributed by atoms with Gasteiger partial charge in [-0.25, -0.2) is 9.78 Å². The van der Waals surface area contributed by atoms with E-state index < -0.39 is 18.2 Å². The molecule has 2 fully saturated rings. The van der Waals surface area contributed by atoms with Crippen molar-refractivity contribution in [3.8, 4) is 0 Å². The van der Waals surface area contributed by atoms with Crippen LogP contribution in [0.25, 0.3) is 0 Å². The third-order valence-corrected chi connectivity index (χ3v) is 5.10. The minimum Gasteiger partial charge on any atom is -0.475 e. The number of pyridine rings is 1. The SMILES string of the molecule is O=C(Nc1cnccn1)[C@H]1CC[C@@H]2[C@@H](CCN2Cc2ccccn2)O1.O=C(O)C(F)(F)F. The molecular weight excluding hydrogens is 431 g/mol. The molecule has 0 radical (unpaired) electrons. The maximum atomic E-state index is 12.4. The van der Waals surface area contributed by atoms with E-state index in [4.69, 9.17) is 14.6 Å². The number of hydrogen-bond acceptors (Lipinski definition) is 7. The van der Waals surface area contributed by atoms with E-state index >= 15 is 0 Å². The van der Waals surface area contributed by atoms with Gasteiger partial charge in [0.15, 0.2) is 5.82 Å². The number of carboxylic acid groups (broad SMARTS) is 1. The number of halogens is 3. The molecule has 2 aromatic heterocycles. The van der Waals surface area contributed by atoms with Crippen LogP contribution in [0.5, 0.6) is 0 Å². The van der Waals surface area contributed by atoms with Gasteiger partial charge in [-0.1, -0.05) is 6.07 Å². The Morgan fingerprint density at radius 1 is 1.16 bits per heavy atom. The normalized spacial score (nSPS) is 22.9. The van der Waals surface area contributed by atoms with E-state index in [0.29, 0.717) is 18.3 Å². The van der Waals surface area contributed by atoms with Crippen molar-refractivity contribution in [2.75, 3.05) is 11.9 Å². The van der Waals surface area contributed by atoms with Gasteiger partial charge >= 0.3 is 12.1 Å². The van der Waals surface area contributed by atoms with Crippen LogP contribution >= 0.6 is 0 Å². The lowest BCUT2D eigenvalue weighted by atomic mass is 9.98. The first-order chi connectivity index (χ1) is 15.2. The van der Waals surface area contributed by atoms with Crippen LogP contribution in [0.4, 0.5) is 19.0 Å². The van der Waals surface area contributed by atoms with Crippen molar-refractivity contribution in [1.82, 2.24) is 19.9 Å². The number of amides is 1. The monoisotopic (exact) mass is 453 g/mol. The molecule has 0 aliphatic carbocycles. The number of fused-ring (bicyclic) bond motifs is 1. The van der Waals surface area contributed by atoms with Gasteiger partial charge in [-0.05, 0) is 31.4 Å². The molecule has 2 aliphatic heterocycles. The predicted molar refractivity (Wildman–Crippen MR) is 105 cm³/mol. The molecule has 4 heterocycles. The molecule has 1 amide bonds. The number of anilines is 1. The van der Waals surface area contributed by atoms with Crippen LogP contribution < -0.4 is 5.32 Å². The zero-order valence-corrected chi connectivity index (χ0v) is 16.9. The Labute approximate surface area is 181 Å². The Morgan fingerprint density at radius 2 is 1.94 bits per heavy atom. The first-order valence-corrected chi connectivity index (χ1v) is 9.90. The lowest BCUT2D eigenvalue weighted by Gasteiger charge is -2.35. The molecule has 0 unspecified atom stereocenters. The Balaban J connectivity index is 0.000000360. The topological polar surface area (TPSA) is 118 Å². The molecule has 2 saturated heterocycles. The second-order valence-corrected chi connectivity index (χ2v) is 7.27. The van der Waals surface area contributed by atoms with Gasteiger partial charge in [-0.2, -0.15) is 13.2 Å². The van der Waals surface area contributed by atoms with Crippen molar-refractivity contribution in [3.05, 3.63) is 48.7 Å². The molecule has 172 valence electrons. The van der Waals surface area contributed by atoms with Crippen LogP contribution in [0.2, 0.25) is 0 Å². The van der Waals surface area contributed by atoms with Gasteiger partial charge in [0.2, 0.25) is 0 Å². The maximum absolute atomic E-state index is 12.4. The van der Waals surface area contributed by atoms with Crippen LogP contribution in [-0.4, -0.2) is 67.8 Å². The quantitative estimate of drug-likeness (QED) is 0.724. The fraction of sp³-hybridized carbons (Fsp3) is 0.450. The molecule has 32 heavy (non-hydrogen) atoms. The van der Waals surface area contributed by atoms with E-state index in [9.17, 15) is 18.0 Å². The van der Waals surface area contributed by atoms with Crippen molar-refractivity contribution in [1.29, 1.82) is 0 Å². The van der Waals surface area contributed by atoms with E-state index in [1.165, 1.54) is 6.20 Å². The molecule has 0 bridgehead atoms. The van der Waals surface area contributed by atoms with E-state index in [1.54, 1.807) is 12.4 Å². The number of ether oxygens (including phenoxy) is 1. The zero-order chi connectivity index (χ0) is 23.1. The van der Waals surface area contributed by atoms with Gasteiger partial charge < -0.3 is 15.2 Å². The lowest BCUT2D eigenvalue weighted by Crippen LogP contribution is -2.46. The molecule has 2 aliphatic rings. The number of carbonyl (C=O) groups excluding carboxylic acids is 1. The van der Waals surface area contributed by atoms with Crippen molar-refractivity contribution < 1.29 is 32.6 Å². The number of hydrogen-bond donors (Lipinski definition) is 2. The zero-order valence-electron chi connectivity index (χ0n) is 16.9. The summed E-state index contributed by atoms with van der Waals surface area (Å²) < 4.78 is 37.8. The van der Waals surface area contributed by atoms with Gasteiger partial charge in [0.1, 0.15) is 6.10 Å². The van der Waals surface area contributed by atoms with Gasteiger partial charge in [0.05, 0.1) is 18.0 Å². The first-order valence-electron chi connectivity index (χ1n) is 9.90. The third-order valence-electron chi connectivity index (χ3n) is 5.10. The average molecular weight is 453 g/mol. The van der Waals surface area contributed by atoms with Crippen LogP contribution in [0.3, 0.4) is 0 Å². The highest BCUT2D eigenvalue weighted by atomic mass is 19.4. The number of carboxylic acids is 1. The third kappa shape index (κ3) is 6.44. The molecule has 9 nitrogen and oxygen atoms in total. The summed E-state index contributed by atoms with van der Waals surface area (Å²) in [7, 11) is 0. The molecule has 3 atom stereocenters. The number of aliphatic carboxylic acids is 1. The smallest absolute Gasteiger partial charge is 0.475 e. The number of carbonyl (C=O) groups is 2. The summed E-state index contributed by atoms with van der Waals surface area (Å²) in [6, 6.07) is 6.36. The fourth-order valence-electron chi connectivity index (χ4n) is 3.67. The number of likely N-dealkylation sites (tertiary alicyclic amines) is 1. The maximum Gasteiger partial charge on any atom is 0.490 e. The Kier molecular flexibility index (Phi) is 7.70. The van der Waals surface area contributed by atoms with Crippen LogP contribution in [0.1, 0.15) is 25.0 Å². The molecule has 4 rings (SSSR count). The molecule has 0 spiro atoms. The number of aromatic nitrogens is 3. The molecule has 0 saturated carbocycles. The molecule has 2 aromatic rings. The van der Waals surface area contributed by atoms with Crippen molar-refractivity contribution >= 4 is 17.7 Å². The second-order valence-electron chi connectivity index (χ2n) is 7.27.